The Hall–Kier alpha value is -2.84. The van der Waals surface area contributed by atoms with Crippen LogP contribution in [0, 0.1) is 20.8 Å². The van der Waals surface area contributed by atoms with Crippen LogP contribution in [0.1, 0.15) is 40.7 Å². The number of benzene rings is 2. The van der Waals surface area contributed by atoms with E-state index in [0.29, 0.717) is 42.8 Å². The molecule has 176 valence electrons. The second-order valence-electron chi connectivity index (χ2n) is 8.61. The number of sulfonamides is 1. The fourth-order valence-corrected chi connectivity index (χ4v) is 6.90. The number of rotatable bonds is 5. The highest BCUT2D eigenvalue weighted by molar-refractivity contribution is 7.89. The van der Waals surface area contributed by atoms with Gasteiger partial charge in [0.25, 0.3) is 0 Å². The Kier molecular flexibility index (Phi) is 6.24. The smallest absolute Gasteiger partial charge is 0.414 e. The molecular weight excluding hydrogens is 440 g/mol. The Morgan fingerprint density at radius 2 is 1.85 bits per heavy atom. The number of nitrogens with zero attached hydrogens (tertiary/aromatic N) is 2. The van der Waals surface area contributed by atoms with Crippen LogP contribution in [-0.2, 0) is 21.4 Å². The Morgan fingerprint density at radius 1 is 1.15 bits per heavy atom. The molecule has 0 unspecified atom stereocenters. The minimum absolute atomic E-state index is 0.123. The molecular formula is C25H30N2O5S. The van der Waals surface area contributed by atoms with Gasteiger partial charge in [0.1, 0.15) is 12.4 Å². The number of hydrogen-bond donors (Lipinski definition) is 0. The SMILES string of the molecule is C=Cc1c(C)c(OC)cc(C)c1S(=O)(=O)N1CCC(N2C(=O)OCc3cccc(C)c32)CC1. The number of para-hydroxylation sites is 1. The minimum atomic E-state index is -3.75. The number of anilines is 1. The first kappa shape index (κ1) is 23.3. The predicted molar refractivity (Wildman–Crippen MR) is 128 cm³/mol. The van der Waals surface area contributed by atoms with Crippen LogP contribution < -0.4 is 9.64 Å². The fraction of sp³-hybridized carbons (Fsp3) is 0.400. The van der Waals surface area contributed by atoms with E-state index in [2.05, 4.69) is 6.58 Å². The van der Waals surface area contributed by atoms with Crippen molar-refractivity contribution in [1.29, 1.82) is 0 Å². The van der Waals surface area contributed by atoms with E-state index in [0.717, 1.165) is 22.4 Å². The van der Waals surface area contributed by atoms with Crippen LogP contribution in [0.25, 0.3) is 6.08 Å². The summed E-state index contributed by atoms with van der Waals surface area (Å²) in [6.45, 7) is 10.3. The van der Waals surface area contributed by atoms with E-state index in [1.165, 1.54) is 4.31 Å². The van der Waals surface area contributed by atoms with E-state index in [9.17, 15) is 13.2 Å². The van der Waals surface area contributed by atoms with E-state index in [1.807, 2.05) is 32.0 Å². The number of ether oxygens (including phenoxy) is 2. The molecule has 2 aliphatic heterocycles. The van der Waals surface area contributed by atoms with Gasteiger partial charge in [-0.2, -0.15) is 4.31 Å². The van der Waals surface area contributed by atoms with Crippen LogP contribution in [0.3, 0.4) is 0 Å². The summed E-state index contributed by atoms with van der Waals surface area (Å²) in [7, 11) is -2.18. The number of amides is 1. The van der Waals surface area contributed by atoms with Crippen molar-refractivity contribution in [2.45, 2.75) is 51.2 Å². The molecule has 2 aliphatic rings. The Bertz CT molecular complexity index is 1210. The van der Waals surface area contributed by atoms with Crippen LogP contribution in [0.4, 0.5) is 10.5 Å². The second-order valence-corrected chi connectivity index (χ2v) is 10.5. The van der Waals surface area contributed by atoms with Gasteiger partial charge < -0.3 is 9.47 Å². The maximum atomic E-state index is 13.7. The highest BCUT2D eigenvalue weighted by Crippen LogP contribution is 2.37. The lowest BCUT2D eigenvalue weighted by Gasteiger charge is -2.40. The zero-order valence-electron chi connectivity index (χ0n) is 19.6. The molecule has 0 saturated carbocycles. The summed E-state index contributed by atoms with van der Waals surface area (Å²) in [5.74, 6) is 0.637. The van der Waals surface area contributed by atoms with E-state index in [4.69, 9.17) is 9.47 Å². The van der Waals surface area contributed by atoms with E-state index in [1.54, 1.807) is 31.1 Å². The van der Waals surface area contributed by atoms with Crippen LogP contribution in [0.15, 0.2) is 35.7 Å². The highest BCUT2D eigenvalue weighted by Gasteiger charge is 2.38. The van der Waals surface area contributed by atoms with Gasteiger partial charge in [0.2, 0.25) is 10.0 Å². The van der Waals surface area contributed by atoms with Crippen LogP contribution in [0.2, 0.25) is 0 Å². The van der Waals surface area contributed by atoms with Crippen molar-refractivity contribution in [3.63, 3.8) is 0 Å². The molecule has 7 nitrogen and oxygen atoms in total. The Balaban J connectivity index is 1.61. The largest absolute Gasteiger partial charge is 0.496 e. The Labute approximate surface area is 195 Å². The lowest BCUT2D eigenvalue weighted by atomic mass is 10.00. The van der Waals surface area contributed by atoms with Crippen molar-refractivity contribution in [1.82, 2.24) is 4.31 Å². The number of aryl methyl sites for hydroxylation is 2. The van der Waals surface area contributed by atoms with Crippen molar-refractivity contribution in [3.05, 3.63) is 58.7 Å². The third-order valence-corrected chi connectivity index (χ3v) is 8.75. The average Bonchev–Trinajstić information content (AvgIpc) is 2.80. The van der Waals surface area contributed by atoms with Crippen LogP contribution in [0.5, 0.6) is 5.75 Å². The molecule has 0 atom stereocenters. The average molecular weight is 471 g/mol. The molecule has 0 aliphatic carbocycles. The molecule has 0 spiro atoms. The third-order valence-electron chi connectivity index (χ3n) is 6.64. The first-order valence-electron chi connectivity index (χ1n) is 11.1. The number of carbonyl (C=O) groups excluding carboxylic acids is 1. The number of methoxy groups -OCH3 is 1. The van der Waals surface area contributed by atoms with Gasteiger partial charge in [-0.15, -0.1) is 0 Å². The summed E-state index contributed by atoms with van der Waals surface area (Å²) in [6, 6.07) is 7.53. The number of piperidine rings is 1. The molecule has 2 heterocycles. The number of hydrogen-bond acceptors (Lipinski definition) is 5. The monoisotopic (exact) mass is 470 g/mol. The lowest BCUT2D eigenvalue weighted by Crippen LogP contribution is -2.50. The van der Waals surface area contributed by atoms with Crippen LogP contribution in [-0.4, -0.2) is 45.1 Å². The number of carbonyl (C=O) groups is 1. The number of cyclic esters (lactones) is 1. The molecule has 4 rings (SSSR count). The summed E-state index contributed by atoms with van der Waals surface area (Å²) in [4.78, 5) is 14.7. The molecule has 0 N–H and O–H groups in total. The maximum absolute atomic E-state index is 13.7. The normalized spacial score (nSPS) is 17.5. The standard InChI is InChI=1S/C25H30N2O5S/c1-6-21-18(4)22(31-5)14-17(3)24(21)33(29,30)26-12-10-20(11-13-26)27-23-16(2)8-7-9-19(23)15-32-25(27)28/h6-9,14,20H,1,10-13,15H2,2-5H3. The van der Waals surface area contributed by atoms with Crippen molar-refractivity contribution < 1.29 is 22.7 Å². The molecule has 0 radical (unpaired) electrons. The van der Waals surface area contributed by atoms with Crippen molar-refractivity contribution >= 4 is 27.9 Å². The van der Waals surface area contributed by atoms with E-state index in [-0.39, 0.29) is 23.6 Å². The van der Waals surface area contributed by atoms with Crippen molar-refractivity contribution in [2.24, 2.45) is 0 Å². The first-order valence-corrected chi connectivity index (χ1v) is 12.5. The molecule has 0 bridgehead atoms. The van der Waals surface area contributed by atoms with Gasteiger partial charge in [0.05, 0.1) is 17.7 Å². The van der Waals surface area contributed by atoms with Gasteiger partial charge in [-0.3, -0.25) is 4.90 Å². The minimum Gasteiger partial charge on any atom is -0.496 e. The van der Waals surface area contributed by atoms with Gasteiger partial charge in [-0.1, -0.05) is 30.9 Å². The lowest BCUT2D eigenvalue weighted by molar-refractivity contribution is 0.135. The molecule has 8 heteroatoms. The Morgan fingerprint density at radius 3 is 2.48 bits per heavy atom. The molecule has 2 aromatic carbocycles. The molecule has 1 amide bonds. The van der Waals surface area contributed by atoms with Crippen molar-refractivity contribution in [3.8, 4) is 5.75 Å². The predicted octanol–water partition coefficient (Wildman–Crippen LogP) is 4.57. The van der Waals surface area contributed by atoms with Gasteiger partial charge in [0.15, 0.2) is 0 Å². The van der Waals surface area contributed by atoms with E-state index >= 15 is 0 Å². The summed E-state index contributed by atoms with van der Waals surface area (Å²) in [5.41, 5.74) is 4.82. The molecule has 0 aromatic heterocycles. The van der Waals surface area contributed by atoms with Crippen molar-refractivity contribution in [2.75, 3.05) is 25.1 Å². The summed E-state index contributed by atoms with van der Waals surface area (Å²) < 4.78 is 39.7. The maximum Gasteiger partial charge on any atom is 0.414 e. The summed E-state index contributed by atoms with van der Waals surface area (Å²) in [6.07, 6.45) is 2.27. The van der Waals surface area contributed by atoms with Crippen LogP contribution >= 0.6 is 0 Å². The third kappa shape index (κ3) is 3.91. The zero-order valence-corrected chi connectivity index (χ0v) is 20.4. The van der Waals surface area contributed by atoms with Gasteiger partial charge in [0, 0.05) is 30.3 Å². The number of fused-ring (bicyclic) bond motifs is 1. The molecule has 2 aromatic rings. The fourth-order valence-electron chi connectivity index (χ4n) is 4.97. The first-order chi connectivity index (χ1) is 15.7. The summed E-state index contributed by atoms with van der Waals surface area (Å²) >= 11 is 0. The topological polar surface area (TPSA) is 76.2 Å². The molecule has 1 fully saturated rings. The van der Waals surface area contributed by atoms with E-state index < -0.39 is 10.0 Å². The quantitative estimate of drug-likeness (QED) is 0.640. The highest BCUT2D eigenvalue weighted by atomic mass is 32.2. The van der Waals surface area contributed by atoms with Gasteiger partial charge in [-0.25, -0.2) is 13.2 Å². The second kappa shape index (κ2) is 8.83. The zero-order chi connectivity index (χ0) is 23.9. The summed E-state index contributed by atoms with van der Waals surface area (Å²) in [5, 5.41) is 0. The molecule has 1 saturated heterocycles. The van der Waals surface area contributed by atoms with Gasteiger partial charge in [-0.05, 0) is 56.4 Å². The van der Waals surface area contributed by atoms with Gasteiger partial charge >= 0.3 is 6.09 Å². The molecule has 33 heavy (non-hydrogen) atoms.